The molecule has 0 fully saturated rings. The minimum atomic E-state index is -3.52. The molecule has 0 aliphatic rings. The van der Waals surface area contributed by atoms with Crippen LogP contribution in [0.1, 0.15) is 0 Å². The summed E-state index contributed by atoms with van der Waals surface area (Å²) in [6.07, 6.45) is 0. The predicted molar refractivity (Wildman–Crippen MR) is 83.9 cm³/mol. The van der Waals surface area contributed by atoms with Crippen LogP contribution in [-0.2, 0) is 4.12 Å². The van der Waals surface area contributed by atoms with Gasteiger partial charge in [0.15, 0.2) is 8.32 Å². The monoisotopic (exact) mass is 301 g/mol. The average Bonchev–Trinajstić information content (AvgIpc) is 2.13. The molecule has 102 valence electrons. The van der Waals surface area contributed by atoms with E-state index in [1.54, 1.807) is 0 Å². The third-order valence-corrected chi connectivity index (χ3v) is 11.1. The van der Waals surface area contributed by atoms with Crippen molar-refractivity contribution in [2.24, 2.45) is 0 Å². The van der Waals surface area contributed by atoms with Gasteiger partial charge in [0, 0.05) is 5.19 Å². The molecule has 0 aromatic heterocycles. The molecule has 0 amide bonds. The van der Waals surface area contributed by atoms with Gasteiger partial charge in [-0.1, -0.05) is 50.0 Å². The van der Waals surface area contributed by atoms with Gasteiger partial charge >= 0.3 is 8.81 Å². The second-order valence-electron chi connectivity index (χ2n) is 6.55. The van der Waals surface area contributed by atoms with Gasteiger partial charge < -0.3 is 8.76 Å². The normalized spacial score (nSPS) is 16.4. The number of benzene rings is 1. The Morgan fingerprint density at radius 3 is 1.83 bits per heavy atom. The fourth-order valence-corrected chi connectivity index (χ4v) is 11.3. The first-order valence-corrected chi connectivity index (χ1v) is 15.0. The van der Waals surface area contributed by atoms with E-state index in [1.807, 2.05) is 50.0 Å². The van der Waals surface area contributed by atoms with Crippen molar-refractivity contribution in [3.8, 4) is 0 Å². The van der Waals surface area contributed by atoms with E-state index < -0.39 is 25.4 Å². The quantitative estimate of drug-likeness (QED) is 0.666. The van der Waals surface area contributed by atoms with Crippen molar-refractivity contribution in [1.82, 2.24) is 4.65 Å². The molecule has 6 heteroatoms. The first-order chi connectivity index (χ1) is 8.02. The molecule has 0 heterocycles. The molecule has 1 unspecified atom stereocenters. The van der Waals surface area contributed by atoms with E-state index in [2.05, 4.69) is 24.3 Å². The SMILES string of the molecule is C[Si](C)(C)N[Si](F)(O[Si](C)(C)C)c1ccccc1. The first-order valence-electron chi connectivity index (χ1n) is 6.26. The van der Waals surface area contributed by atoms with E-state index in [0.29, 0.717) is 5.19 Å². The number of halogens is 1. The molecule has 1 atom stereocenters. The molecule has 0 aliphatic carbocycles. The second-order valence-corrected chi connectivity index (χ2v) is 18.9. The summed E-state index contributed by atoms with van der Waals surface area (Å²) in [6.45, 7) is 12.4. The molecule has 1 N–H and O–H groups in total. The highest BCUT2D eigenvalue weighted by Crippen LogP contribution is 2.16. The van der Waals surface area contributed by atoms with Gasteiger partial charge in [-0.15, -0.1) is 0 Å². The minimum Gasteiger partial charge on any atom is -0.419 e. The zero-order valence-electron chi connectivity index (χ0n) is 12.2. The van der Waals surface area contributed by atoms with Crippen LogP contribution in [0, 0.1) is 0 Å². The smallest absolute Gasteiger partial charge is 0.419 e. The lowest BCUT2D eigenvalue weighted by Gasteiger charge is -2.35. The molecule has 2 nitrogen and oxygen atoms in total. The summed E-state index contributed by atoms with van der Waals surface area (Å²) in [5.41, 5.74) is 0. The summed E-state index contributed by atoms with van der Waals surface area (Å²) in [7, 11) is -7.19. The van der Waals surface area contributed by atoms with Crippen LogP contribution < -0.4 is 9.83 Å². The van der Waals surface area contributed by atoms with Gasteiger partial charge in [0.1, 0.15) is 8.24 Å². The standard InChI is InChI=1S/C12H24FNOSi3/c1-16(2,3)14-18(13,15-17(4,5)6)12-10-8-7-9-11-12/h7-11,14H,1-6H3. The number of nitrogens with one attached hydrogen (secondary N) is 1. The summed E-state index contributed by atoms with van der Waals surface area (Å²) in [5.74, 6) is 0. The Morgan fingerprint density at radius 1 is 0.944 bits per heavy atom. The maximum Gasteiger partial charge on any atom is 0.484 e. The van der Waals surface area contributed by atoms with Crippen molar-refractivity contribution in [3.05, 3.63) is 30.3 Å². The van der Waals surface area contributed by atoms with Crippen molar-refractivity contribution in [2.75, 3.05) is 0 Å². The number of hydrogen-bond acceptors (Lipinski definition) is 2. The maximum atomic E-state index is 15.4. The maximum absolute atomic E-state index is 15.4. The second kappa shape index (κ2) is 5.38. The van der Waals surface area contributed by atoms with E-state index in [9.17, 15) is 0 Å². The van der Waals surface area contributed by atoms with E-state index in [1.165, 1.54) is 0 Å². The Labute approximate surface area is 113 Å². The van der Waals surface area contributed by atoms with Crippen LogP contribution in [0.3, 0.4) is 0 Å². The van der Waals surface area contributed by atoms with Crippen LogP contribution in [0.5, 0.6) is 0 Å². The lowest BCUT2D eigenvalue weighted by molar-refractivity contribution is 0.466. The fraction of sp³-hybridized carbons (Fsp3) is 0.500. The molecule has 18 heavy (non-hydrogen) atoms. The molecule has 0 saturated heterocycles. The molecular formula is C12H24FNOSi3. The molecule has 1 aromatic rings. The van der Waals surface area contributed by atoms with E-state index in [4.69, 9.17) is 4.12 Å². The van der Waals surface area contributed by atoms with Gasteiger partial charge in [-0.3, -0.25) is 4.11 Å². The summed E-state index contributed by atoms with van der Waals surface area (Å²) in [4.78, 5) is 0. The first kappa shape index (κ1) is 15.8. The zero-order valence-corrected chi connectivity index (χ0v) is 15.2. The van der Waals surface area contributed by atoms with Crippen LogP contribution in [-0.4, -0.2) is 25.4 Å². The van der Waals surface area contributed by atoms with Crippen LogP contribution in [0.25, 0.3) is 0 Å². The fourth-order valence-electron chi connectivity index (χ4n) is 1.71. The number of hydrogen-bond donors (Lipinski definition) is 1. The summed E-state index contributed by atoms with van der Waals surface area (Å²) in [5, 5.41) is 0.690. The minimum absolute atomic E-state index is 0.690. The Hall–Kier alpha value is -0.279. The molecule has 1 rings (SSSR count). The van der Waals surface area contributed by atoms with Crippen LogP contribution in [0.4, 0.5) is 4.11 Å². The Morgan fingerprint density at radius 2 is 1.44 bits per heavy atom. The van der Waals surface area contributed by atoms with Crippen molar-refractivity contribution >= 4 is 30.6 Å². The molecular weight excluding hydrogens is 277 g/mol. The Balaban J connectivity index is 3.09. The highest BCUT2D eigenvalue weighted by Gasteiger charge is 2.46. The lowest BCUT2D eigenvalue weighted by atomic mass is 10.4. The molecule has 0 aliphatic heterocycles. The van der Waals surface area contributed by atoms with Crippen molar-refractivity contribution in [3.63, 3.8) is 0 Å². The molecule has 0 saturated carbocycles. The van der Waals surface area contributed by atoms with E-state index in [-0.39, 0.29) is 0 Å². The van der Waals surface area contributed by atoms with Crippen LogP contribution in [0.15, 0.2) is 30.3 Å². The van der Waals surface area contributed by atoms with E-state index in [0.717, 1.165) is 0 Å². The van der Waals surface area contributed by atoms with Gasteiger partial charge in [-0.25, -0.2) is 0 Å². The highest BCUT2D eigenvalue weighted by atomic mass is 28.5. The van der Waals surface area contributed by atoms with Gasteiger partial charge in [-0.05, 0) is 19.6 Å². The molecule has 0 radical (unpaired) electrons. The van der Waals surface area contributed by atoms with Gasteiger partial charge in [-0.2, -0.15) is 0 Å². The molecule has 0 bridgehead atoms. The van der Waals surface area contributed by atoms with Crippen LogP contribution >= 0.6 is 0 Å². The van der Waals surface area contributed by atoms with Gasteiger partial charge in [0.2, 0.25) is 0 Å². The lowest BCUT2D eigenvalue weighted by Crippen LogP contribution is -2.69. The van der Waals surface area contributed by atoms with E-state index >= 15 is 4.11 Å². The van der Waals surface area contributed by atoms with Crippen LogP contribution in [0.2, 0.25) is 39.3 Å². The zero-order chi connectivity index (χ0) is 14.0. The summed E-state index contributed by atoms with van der Waals surface area (Å²) in [6, 6.07) is 9.31. The summed E-state index contributed by atoms with van der Waals surface area (Å²) >= 11 is 0. The molecule has 0 spiro atoms. The summed E-state index contributed by atoms with van der Waals surface area (Å²) < 4.78 is 24.5. The van der Waals surface area contributed by atoms with Gasteiger partial charge in [0.05, 0.1) is 0 Å². The van der Waals surface area contributed by atoms with Crippen molar-refractivity contribution < 1.29 is 8.22 Å². The average molecular weight is 302 g/mol. The Kier molecular flexibility index (Phi) is 4.71. The highest BCUT2D eigenvalue weighted by molar-refractivity contribution is 6.96. The topological polar surface area (TPSA) is 21.3 Å². The number of rotatable bonds is 5. The third kappa shape index (κ3) is 5.15. The largest absolute Gasteiger partial charge is 0.484 e. The Bertz CT molecular complexity index is 371. The van der Waals surface area contributed by atoms with Crippen molar-refractivity contribution in [2.45, 2.75) is 39.3 Å². The predicted octanol–water partition coefficient (Wildman–Crippen LogP) is 3.08. The van der Waals surface area contributed by atoms with Crippen molar-refractivity contribution in [1.29, 1.82) is 0 Å². The third-order valence-electron chi connectivity index (χ3n) is 2.13. The van der Waals surface area contributed by atoms with Gasteiger partial charge in [0.25, 0.3) is 0 Å². The molecule has 1 aromatic carbocycles.